The minimum atomic E-state index is -3.85. The van der Waals surface area contributed by atoms with Gasteiger partial charge < -0.3 is 10.2 Å². The third-order valence-electron chi connectivity index (χ3n) is 5.41. The normalized spacial score (nSPS) is 12.0. The second kappa shape index (κ2) is 12.3. The average molecular weight is 488 g/mol. The molecular weight excluding hydrogens is 454 g/mol. The number of unbranched alkanes of at least 4 members (excludes halogenated alkanes) is 1. The van der Waals surface area contributed by atoms with Crippen LogP contribution < -0.4 is 9.62 Å². The van der Waals surface area contributed by atoms with E-state index in [4.69, 9.17) is 0 Å². The number of amides is 2. The lowest BCUT2D eigenvalue weighted by atomic mass is 10.1. The van der Waals surface area contributed by atoms with Gasteiger partial charge in [-0.2, -0.15) is 0 Å². The Labute approximate surface area is 202 Å². The first kappa shape index (κ1) is 27.0. The summed E-state index contributed by atoms with van der Waals surface area (Å²) >= 11 is 0. The summed E-state index contributed by atoms with van der Waals surface area (Å²) in [6.07, 6.45) is 2.74. The fourth-order valence-electron chi connectivity index (χ4n) is 3.39. The number of hydrogen-bond donors (Lipinski definition) is 1. The summed E-state index contributed by atoms with van der Waals surface area (Å²) in [7, 11) is -3.85. The maximum Gasteiger partial charge on any atom is 0.244 e. The van der Waals surface area contributed by atoms with Crippen LogP contribution in [0.5, 0.6) is 0 Å². The third-order valence-corrected chi connectivity index (χ3v) is 6.55. The van der Waals surface area contributed by atoms with Crippen LogP contribution in [0.25, 0.3) is 0 Å². The Morgan fingerprint density at radius 3 is 2.29 bits per heavy atom. The van der Waals surface area contributed by atoms with Crippen molar-refractivity contribution in [2.24, 2.45) is 0 Å². The van der Waals surface area contributed by atoms with Gasteiger partial charge >= 0.3 is 0 Å². The molecule has 0 aliphatic heterocycles. The number of Topliss-reactive ketones (excluding diaryl/α,β-unsaturated/α-hetero) is 1. The molecule has 1 N–H and O–H groups in total. The van der Waals surface area contributed by atoms with Gasteiger partial charge in [0.2, 0.25) is 21.8 Å². The number of nitrogens with one attached hydrogen (secondary N) is 1. The van der Waals surface area contributed by atoms with Crippen molar-refractivity contribution < 1.29 is 22.8 Å². The van der Waals surface area contributed by atoms with E-state index >= 15 is 0 Å². The number of carbonyl (C=O) groups is 3. The van der Waals surface area contributed by atoms with E-state index in [1.165, 1.54) is 24.0 Å². The van der Waals surface area contributed by atoms with Gasteiger partial charge in [0.1, 0.15) is 12.6 Å². The molecule has 184 valence electrons. The van der Waals surface area contributed by atoms with Crippen LogP contribution in [0.2, 0.25) is 0 Å². The maximum atomic E-state index is 13.4. The number of sulfonamides is 1. The van der Waals surface area contributed by atoms with Crippen LogP contribution in [0.3, 0.4) is 0 Å². The van der Waals surface area contributed by atoms with E-state index < -0.39 is 28.5 Å². The Morgan fingerprint density at radius 2 is 1.71 bits per heavy atom. The van der Waals surface area contributed by atoms with Crippen LogP contribution >= 0.6 is 0 Å². The van der Waals surface area contributed by atoms with Gasteiger partial charge in [0.25, 0.3) is 0 Å². The highest BCUT2D eigenvalue weighted by Gasteiger charge is 2.30. The SMILES string of the molecule is CCCCNC(=O)C(C)N(Cc1ccccc1)C(=O)CN(c1cccc(C(C)=O)c1)S(C)(=O)=O. The smallest absolute Gasteiger partial charge is 0.244 e. The second-order valence-electron chi connectivity index (χ2n) is 8.20. The highest BCUT2D eigenvalue weighted by molar-refractivity contribution is 7.92. The van der Waals surface area contributed by atoms with E-state index in [9.17, 15) is 22.8 Å². The Bertz CT molecular complexity index is 1100. The van der Waals surface area contributed by atoms with Crippen molar-refractivity contribution in [1.29, 1.82) is 0 Å². The number of carbonyl (C=O) groups excluding carboxylic acids is 3. The highest BCUT2D eigenvalue weighted by atomic mass is 32.2. The number of benzene rings is 2. The van der Waals surface area contributed by atoms with Gasteiger partial charge in [-0.3, -0.25) is 18.7 Å². The van der Waals surface area contributed by atoms with Crippen molar-refractivity contribution in [2.75, 3.05) is 23.7 Å². The van der Waals surface area contributed by atoms with E-state index in [0.29, 0.717) is 12.1 Å². The van der Waals surface area contributed by atoms with Crippen LogP contribution in [0.4, 0.5) is 5.69 Å². The lowest BCUT2D eigenvalue weighted by Gasteiger charge is -2.31. The zero-order valence-electron chi connectivity index (χ0n) is 20.2. The molecular formula is C25H33N3O5S. The lowest BCUT2D eigenvalue weighted by Crippen LogP contribution is -2.51. The summed E-state index contributed by atoms with van der Waals surface area (Å²) in [5.74, 6) is -1.05. The molecule has 0 saturated carbocycles. The monoisotopic (exact) mass is 487 g/mol. The molecule has 9 heteroatoms. The van der Waals surface area contributed by atoms with Crippen molar-refractivity contribution in [3.8, 4) is 0 Å². The molecule has 1 atom stereocenters. The Balaban J connectivity index is 2.36. The summed E-state index contributed by atoms with van der Waals surface area (Å²) in [6.45, 7) is 5.17. The summed E-state index contributed by atoms with van der Waals surface area (Å²) in [6, 6.07) is 14.5. The molecule has 0 bridgehead atoms. The molecule has 0 radical (unpaired) electrons. The topological polar surface area (TPSA) is 104 Å². The van der Waals surface area contributed by atoms with Gasteiger partial charge in [0, 0.05) is 18.7 Å². The number of nitrogens with zero attached hydrogens (tertiary/aromatic N) is 2. The molecule has 2 aromatic rings. The molecule has 0 aliphatic carbocycles. The van der Waals surface area contributed by atoms with Gasteiger partial charge in [-0.1, -0.05) is 55.8 Å². The van der Waals surface area contributed by atoms with E-state index in [2.05, 4.69) is 5.32 Å². The van der Waals surface area contributed by atoms with Crippen molar-refractivity contribution in [2.45, 2.75) is 46.2 Å². The van der Waals surface area contributed by atoms with Crippen molar-refractivity contribution in [3.05, 3.63) is 65.7 Å². The highest BCUT2D eigenvalue weighted by Crippen LogP contribution is 2.21. The zero-order chi connectivity index (χ0) is 25.3. The molecule has 8 nitrogen and oxygen atoms in total. The van der Waals surface area contributed by atoms with Gasteiger partial charge in [-0.25, -0.2) is 8.42 Å². The van der Waals surface area contributed by atoms with E-state index in [1.807, 2.05) is 37.3 Å². The summed E-state index contributed by atoms with van der Waals surface area (Å²) in [5.41, 5.74) is 1.36. The molecule has 0 fully saturated rings. The molecule has 2 rings (SSSR count). The summed E-state index contributed by atoms with van der Waals surface area (Å²) in [5, 5.41) is 2.84. The number of rotatable bonds is 12. The third kappa shape index (κ3) is 7.69. The summed E-state index contributed by atoms with van der Waals surface area (Å²) in [4.78, 5) is 39.4. The predicted molar refractivity (Wildman–Crippen MR) is 133 cm³/mol. The quantitative estimate of drug-likeness (QED) is 0.366. The molecule has 34 heavy (non-hydrogen) atoms. The molecule has 2 amide bonds. The first-order valence-corrected chi connectivity index (χ1v) is 13.1. The Kier molecular flexibility index (Phi) is 9.80. The van der Waals surface area contributed by atoms with E-state index in [0.717, 1.165) is 29.0 Å². The van der Waals surface area contributed by atoms with E-state index in [1.54, 1.807) is 19.1 Å². The summed E-state index contributed by atoms with van der Waals surface area (Å²) < 4.78 is 26.2. The number of hydrogen-bond acceptors (Lipinski definition) is 5. The molecule has 0 spiro atoms. The van der Waals surface area contributed by atoms with E-state index in [-0.39, 0.29) is 23.9 Å². The van der Waals surface area contributed by atoms with Crippen LogP contribution in [0, 0.1) is 0 Å². The van der Waals surface area contributed by atoms with Gasteiger partial charge in [-0.05, 0) is 38.0 Å². The standard InChI is InChI=1S/C25H33N3O5S/c1-5-6-15-26-25(31)19(2)27(17-21-11-8-7-9-12-21)24(30)18-28(34(4,32)33)23-14-10-13-22(16-23)20(3)29/h7-14,16,19H,5-6,15,17-18H2,1-4H3,(H,26,31). The van der Waals surface area contributed by atoms with Crippen molar-refractivity contribution in [1.82, 2.24) is 10.2 Å². The molecule has 0 heterocycles. The fraction of sp³-hybridized carbons (Fsp3) is 0.400. The second-order valence-corrected chi connectivity index (χ2v) is 10.1. The van der Waals surface area contributed by atoms with Crippen molar-refractivity contribution in [3.63, 3.8) is 0 Å². The minimum absolute atomic E-state index is 0.146. The van der Waals surface area contributed by atoms with Gasteiger partial charge in [-0.15, -0.1) is 0 Å². The molecule has 1 unspecified atom stereocenters. The molecule has 0 aromatic heterocycles. The Morgan fingerprint density at radius 1 is 1.03 bits per heavy atom. The Hall–Kier alpha value is -3.20. The zero-order valence-corrected chi connectivity index (χ0v) is 21.0. The van der Waals surface area contributed by atoms with Gasteiger partial charge in [0.15, 0.2) is 5.78 Å². The average Bonchev–Trinajstić information content (AvgIpc) is 2.80. The lowest BCUT2D eigenvalue weighted by molar-refractivity contribution is -0.139. The van der Waals surface area contributed by atoms with Crippen LogP contribution in [0.1, 0.15) is 49.5 Å². The van der Waals surface area contributed by atoms with Gasteiger partial charge in [0.05, 0.1) is 11.9 Å². The maximum absolute atomic E-state index is 13.4. The predicted octanol–water partition coefficient (Wildman–Crippen LogP) is 2.99. The number of anilines is 1. The fourth-order valence-corrected chi connectivity index (χ4v) is 4.23. The first-order chi connectivity index (χ1) is 16.0. The van der Waals surface area contributed by atoms with Crippen molar-refractivity contribution >= 4 is 33.3 Å². The minimum Gasteiger partial charge on any atom is -0.354 e. The molecule has 2 aromatic carbocycles. The van der Waals surface area contributed by atoms with Crippen LogP contribution in [-0.4, -0.2) is 56.3 Å². The van der Waals surface area contributed by atoms with Crippen LogP contribution in [-0.2, 0) is 26.2 Å². The first-order valence-electron chi connectivity index (χ1n) is 11.2. The molecule has 0 aliphatic rings. The number of ketones is 1. The molecule has 0 saturated heterocycles. The van der Waals surface area contributed by atoms with Crippen LogP contribution in [0.15, 0.2) is 54.6 Å². The largest absolute Gasteiger partial charge is 0.354 e.